The molecule has 0 aliphatic rings. The van der Waals surface area contributed by atoms with Crippen LogP contribution in [0.2, 0.25) is 0 Å². The maximum atomic E-state index is 12.5. The molecule has 2 rings (SSSR count). The van der Waals surface area contributed by atoms with Gasteiger partial charge in [-0.3, -0.25) is 4.72 Å². The molecule has 20 heavy (non-hydrogen) atoms. The Hall–Kier alpha value is -0.890. The van der Waals surface area contributed by atoms with E-state index in [1.54, 1.807) is 24.4 Å². The summed E-state index contributed by atoms with van der Waals surface area (Å²) in [4.78, 5) is 0.609. The summed E-state index contributed by atoms with van der Waals surface area (Å²) in [6.07, 6.45) is 0. The van der Waals surface area contributed by atoms with Crippen LogP contribution in [0.25, 0.3) is 0 Å². The molecule has 0 saturated heterocycles. The number of hydrogen-bond acceptors (Lipinski definition) is 4. The molecule has 1 heterocycles. The van der Waals surface area contributed by atoms with Gasteiger partial charge in [0.25, 0.3) is 10.0 Å². The van der Waals surface area contributed by atoms with Gasteiger partial charge in [0.2, 0.25) is 0 Å². The molecule has 0 spiro atoms. The summed E-state index contributed by atoms with van der Waals surface area (Å²) in [6, 6.07) is 5.43. The zero-order chi connectivity index (χ0) is 14.9. The quantitative estimate of drug-likeness (QED) is 0.859. The second-order valence-corrected chi connectivity index (χ2v) is 7.86. The SMILES string of the molecule is Cc1ccc(Br)c(NS(=O)(=O)c2c(C)csc2CO)c1. The van der Waals surface area contributed by atoms with Crippen LogP contribution in [0.15, 0.2) is 32.9 Å². The Kier molecular flexibility index (Phi) is 4.53. The summed E-state index contributed by atoms with van der Waals surface area (Å²) in [7, 11) is -3.71. The van der Waals surface area contributed by atoms with Gasteiger partial charge in [-0.2, -0.15) is 0 Å². The molecular formula is C13H14BrNO3S2. The lowest BCUT2D eigenvalue weighted by atomic mass is 10.2. The fourth-order valence-electron chi connectivity index (χ4n) is 1.87. The largest absolute Gasteiger partial charge is 0.391 e. The van der Waals surface area contributed by atoms with Gasteiger partial charge < -0.3 is 5.11 Å². The van der Waals surface area contributed by atoms with Gasteiger partial charge in [0.05, 0.1) is 17.2 Å². The lowest BCUT2D eigenvalue weighted by Gasteiger charge is -2.11. The number of halogens is 1. The highest BCUT2D eigenvalue weighted by Crippen LogP contribution is 2.31. The summed E-state index contributed by atoms with van der Waals surface area (Å²) in [6.45, 7) is 3.32. The number of thiophene rings is 1. The van der Waals surface area contributed by atoms with Crippen molar-refractivity contribution in [1.29, 1.82) is 0 Å². The van der Waals surface area contributed by atoms with E-state index in [1.807, 2.05) is 13.0 Å². The lowest BCUT2D eigenvalue weighted by molar-refractivity contribution is 0.282. The Labute approximate surface area is 130 Å². The van der Waals surface area contributed by atoms with E-state index in [-0.39, 0.29) is 11.5 Å². The van der Waals surface area contributed by atoms with E-state index in [4.69, 9.17) is 0 Å². The molecule has 0 amide bonds. The zero-order valence-corrected chi connectivity index (χ0v) is 14.2. The van der Waals surface area contributed by atoms with Crippen LogP contribution in [0.5, 0.6) is 0 Å². The van der Waals surface area contributed by atoms with Crippen molar-refractivity contribution >= 4 is 43.0 Å². The van der Waals surface area contributed by atoms with E-state index >= 15 is 0 Å². The van der Waals surface area contributed by atoms with Crippen molar-refractivity contribution < 1.29 is 13.5 Å². The second-order valence-electron chi connectivity index (χ2n) is 4.42. The minimum Gasteiger partial charge on any atom is -0.391 e. The average molecular weight is 376 g/mol. The monoisotopic (exact) mass is 375 g/mol. The molecule has 0 bridgehead atoms. The first-order valence-corrected chi connectivity index (χ1v) is 8.97. The summed E-state index contributed by atoms with van der Waals surface area (Å²) >= 11 is 4.57. The van der Waals surface area contributed by atoms with Gasteiger partial charge in [0.1, 0.15) is 4.90 Å². The van der Waals surface area contributed by atoms with Crippen molar-refractivity contribution in [3.05, 3.63) is 44.1 Å². The van der Waals surface area contributed by atoms with Crippen LogP contribution in [0.3, 0.4) is 0 Å². The number of anilines is 1. The van der Waals surface area contributed by atoms with Crippen LogP contribution in [-0.4, -0.2) is 13.5 Å². The maximum Gasteiger partial charge on any atom is 0.263 e. The van der Waals surface area contributed by atoms with Crippen molar-refractivity contribution in [3.8, 4) is 0 Å². The summed E-state index contributed by atoms with van der Waals surface area (Å²) in [5, 5.41) is 11.0. The number of nitrogens with one attached hydrogen (secondary N) is 1. The molecule has 0 saturated carbocycles. The Morgan fingerprint density at radius 3 is 2.70 bits per heavy atom. The predicted octanol–water partition coefficient (Wildman–Crippen LogP) is 3.42. The van der Waals surface area contributed by atoms with Gasteiger partial charge in [-0.25, -0.2) is 8.42 Å². The third-order valence-electron chi connectivity index (χ3n) is 2.77. The molecule has 0 unspecified atom stereocenters. The molecule has 0 atom stereocenters. The van der Waals surface area contributed by atoms with Gasteiger partial charge in [-0.1, -0.05) is 6.07 Å². The van der Waals surface area contributed by atoms with Crippen LogP contribution in [0, 0.1) is 13.8 Å². The number of aliphatic hydroxyl groups excluding tert-OH is 1. The summed E-state index contributed by atoms with van der Waals surface area (Å²) < 4.78 is 28.2. The van der Waals surface area contributed by atoms with Crippen LogP contribution < -0.4 is 4.72 Å². The van der Waals surface area contributed by atoms with Crippen molar-refractivity contribution in [2.75, 3.05) is 4.72 Å². The van der Waals surface area contributed by atoms with Crippen LogP contribution in [0.4, 0.5) is 5.69 Å². The first-order chi connectivity index (χ1) is 9.35. The number of rotatable bonds is 4. The van der Waals surface area contributed by atoms with E-state index in [9.17, 15) is 13.5 Å². The van der Waals surface area contributed by atoms with Crippen molar-refractivity contribution in [2.24, 2.45) is 0 Å². The van der Waals surface area contributed by atoms with Crippen LogP contribution in [0.1, 0.15) is 16.0 Å². The normalized spacial score (nSPS) is 11.6. The predicted molar refractivity (Wildman–Crippen MR) is 84.7 cm³/mol. The van der Waals surface area contributed by atoms with Gasteiger partial charge in [0, 0.05) is 4.47 Å². The lowest BCUT2D eigenvalue weighted by Crippen LogP contribution is -2.15. The fraction of sp³-hybridized carbons (Fsp3) is 0.231. The third-order valence-corrected chi connectivity index (χ3v) is 6.27. The fourth-order valence-corrected chi connectivity index (χ4v) is 5.08. The van der Waals surface area contributed by atoms with Gasteiger partial charge in [0.15, 0.2) is 0 Å². The Morgan fingerprint density at radius 1 is 1.35 bits per heavy atom. The van der Waals surface area contributed by atoms with Crippen molar-refractivity contribution in [3.63, 3.8) is 0 Å². The van der Waals surface area contributed by atoms with Crippen molar-refractivity contribution in [2.45, 2.75) is 25.3 Å². The minimum atomic E-state index is -3.71. The molecule has 2 N–H and O–H groups in total. The molecular weight excluding hydrogens is 362 g/mol. The molecule has 0 aliphatic carbocycles. The second kappa shape index (κ2) is 5.85. The topological polar surface area (TPSA) is 66.4 Å². The zero-order valence-electron chi connectivity index (χ0n) is 11.0. The van der Waals surface area contributed by atoms with E-state index in [0.717, 1.165) is 5.56 Å². The highest BCUT2D eigenvalue weighted by atomic mass is 79.9. The number of aryl methyl sites for hydroxylation is 2. The maximum absolute atomic E-state index is 12.5. The van der Waals surface area contributed by atoms with Crippen molar-refractivity contribution in [1.82, 2.24) is 0 Å². The third kappa shape index (κ3) is 3.06. The van der Waals surface area contributed by atoms with E-state index < -0.39 is 10.0 Å². The molecule has 7 heteroatoms. The molecule has 2 aromatic rings. The first kappa shape index (κ1) is 15.5. The van der Waals surface area contributed by atoms with Gasteiger partial charge in [-0.05, 0) is 58.4 Å². The summed E-state index contributed by atoms with van der Waals surface area (Å²) in [5.74, 6) is 0. The minimum absolute atomic E-state index is 0.165. The standard InChI is InChI=1S/C13H14BrNO3S2/c1-8-3-4-10(14)11(5-8)15-20(17,18)13-9(2)7-19-12(13)6-16/h3-5,7,15-16H,6H2,1-2H3. The average Bonchev–Trinajstić information content (AvgIpc) is 2.75. The molecule has 0 radical (unpaired) electrons. The Morgan fingerprint density at radius 2 is 2.05 bits per heavy atom. The molecule has 0 fully saturated rings. The molecule has 0 aliphatic heterocycles. The molecule has 4 nitrogen and oxygen atoms in total. The van der Waals surface area contributed by atoms with Gasteiger partial charge in [-0.15, -0.1) is 11.3 Å². The first-order valence-electron chi connectivity index (χ1n) is 5.82. The molecule has 1 aromatic carbocycles. The van der Waals surface area contributed by atoms with Crippen LogP contribution >= 0.6 is 27.3 Å². The number of hydrogen-bond donors (Lipinski definition) is 2. The Bertz CT molecular complexity index is 738. The highest BCUT2D eigenvalue weighted by molar-refractivity contribution is 9.10. The highest BCUT2D eigenvalue weighted by Gasteiger charge is 2.23. The number of benzene rings is 1. The summed E-state index contributed by atoms with van der Waals surface area (Å²) in [5.41, 5.74) is 2.07. The number of sulfonamides is 1. The molecule has 1 aromatic heterocycles. The molecule has 108 valence electrons. The smallest absolute Gasteiger partial charge is 0.263 e. The van der Waals surface area contributed by atoms with E-state index in [2.05, 4.69) is 20.7 Å². The van der Waals surface area contributed by atoms with Gasteiger partial charge >= 0.3 is 0 Å². The Balaban J connectivity index is 2.46. The van der Waals surface area contributed by atoms with E-state index in [0.29, 0.717) is 20.6 Å². The van der Waals surface area contributed by atoms with E-state index in [1.165, 1.54) is 11.3 Å². The number of aliphatic hydroxyl groups is 1. The van der Waals surface area contributed by atoms with Crippen LogP contribution in [-0.2, 0) is 16.6 Å².